The highest BCUT2D eigenvalue weighted by Gasteiger charge is 2.04. The largest absolute Gasteiger partial charge is 0.378 e. The second-order valence-electron chi connectivity index (χ2n) is 3.54. The Kier molecular flexibility index (Phi) is 2.88. The predicted molar refractivity (Wildman–Crippen MR) is 61.8 cm³/mol. The number of hydrogen-bond acceptors (Lipinski definition) is 3. The van der Waals surface area contributed by atoms with Gasteiger partial charge in [-0.05, 0) is 18.6 Å². The minimum atomic E-state index is 0.638. The van der Waals surface area contributed by atoms with Gasteiger partial charge in [0.2, 0.25) is 0 Å². The molecule has 2 N–H and O–H groups in total. The summed E-state index contributed by atoms with van der Waals surface area (Å²) in [5, 5.41) is 12.2. The Balaban J connectivity index is 2.18. The number of benzene rings is 1. The summed E-state index contributed by atoms with van der Waals surface area (Å²) >= 11 is 0. The van der Waals surface area contributed by atoms with E-state index >= 15 is 0 Å². The van der Waals surface area contributed by atoms with E-state index in [0.717, 1.165) is 16.9 Å². The number of anilines is 1. The van der Waals surface area contributed by atoms with E-state index < -0.39 is 0 Å². The van der Waals surface area contributed by atoms with Crippen molar-refractivity contribution < 1.29 is 0 Å². The Morgan fingerprint density at radius 3 is 3.06 bits per heavy atom. The number of nitrogens with one attached hydrogen (secondary N) is 2. The van der Waals surface area contributed by atoms with Crippen LogP contribution in [0.1, 0.15) is 16.8 Å². The van der Waals surface area contributed by atoms with E-state index in [0.29, 0.717) is 12.1 Å². The molecule has 0 aliphatic heterocycles. The van der Waals surface area contributed by atoms with E-state index in [1.807, 2.05) is 25.1 Å². The minimum absolute atomic E-state index is 0.638. The molecule has 0 spiro atoms. The highest BCUT2D eigenvalue weighted by molar-refractivity contribution is 5.62. The third-order valence-electron chi connectivity index (χ3n) is 2.40. The first kappa shape index (κ1) is 10.2. The van der Waals surface area contributed by atoms with Crippen LogP contribution in [0.4, 0.5) is 5.69 Å². The summed E-state index contributed by atoms with van der Waals surface area (Å²) in [5.41, 5.74) is 3.62. The average molecular weight is 212 g/mol. The topological polar surface area (TPSA) is 64.5 Å². The fraction of sp³-hybridized carbons (Fsp3) is 0.167. The normalized spacial score (nSPS) is 9.75. The van der Waals surface area contributed by atoms with Gasteiger partial charge in [-0.25, -0.2) is 4.98 Å². The molecule has 0 bridgehead atoms. The number of aromatic nitrogens is 2. The highest BCUT2D eigenvalue weighted by Crippen LogP contribution is 2.20. The smallest absolute Gasteiger partial charge is 0.101 e. The van der Waals surface area contributed by atoms with Gasteiger partial charge in [-0.2, -0.15) is 5.26 Å². The molecule has 0 aliphatic rings. The molecule has 1 aromatic carbocycles. The number of nitrogens with zero attached hydrogens (tertiary/aromatic N) is 2. The Morgan fingerprint density at radius 1 is 1.50 bits per heavy atom. The Bertz CT molecular complexity index is 508. The number of hydrogen-bond donors (Lipinski definition) is 2. The van der Waals surface area contributed by atoms with E-state index in [1.54, 1.807) is 12.5 Å². The standard InChI is InChI=1S/C12H12N4/c1-9-3-2-4-10(5-13)12(9)15-7-11-6-14-8-16-11/h2-4,6,8,15H,7H2,1H3,(H,14,16). The zero-order valence-electron chi connectivity index (χ0n) is 8.99. The lowest BCUT2D eigenvalue weighted by Gasteiger charge is -2.09. The van der Waals surface area contributed by atoms with Crippen molar-refractivity contribution in [1.29, 1.82) is 5.26 Å². The first-order valence-electron chi connectivity index (χ1n) is 5.02. The molecule has 0 atom stereocenters. The van der Waals surface area contributed by atoms with Crippen LogP contribution in [0, 0.1) is 18.3 Å². The van der Waals surface area contributed by atoms with Crippen molar-refractivity contribution in [3.63, 3.8) is 0 Å². The molecule has 2 aromatic rings. The molecule has 0 saturated heterocycles. The molecule has 16 heavy (non-hydrogen) atoms. The molecule has 2 rings (SSSR count). The van der Waals surface area contributed by atoms with E-state index in [9.17, 15) is 0 Å². The van der Waals surface area contributed by atoms with Crippen LogP contribution in [-0.2, 0) is 6.54 Å². The lowest BCUT2D eigenvalue weighted by molar-refractivity contribution is 1.07. The summed E-state index contributed by atoms with van der Waals surface area (Å²) in [7, 11) is 0. The fourth-order valence-electron chi connectivity index (χ4n) is 1.56. The van der Waals surface area contributed by atoms with Gasteiger partial charge in [0.15, 0.2) is 0 Å². The first-order valence-corrected chi connectivity index (χ1v) is 5.02. The van der Waals surface area contributed by atoms with Crippen LogP contribution in [-0.4, -0.2) is 9.97 Å². The van der Waals surface area contributed by atoms with Crippen molar-refractivity contribution in [3.8, 4) is 6.07 Å². The van der Waals surface area contributed by atoms with Gasteiger partial charge in [0, 0.05) is 6.20 Å². The third-order valence-corrected chi connectivity index (χ3v) is 2.40. The molecule has 4 nitrogen and oxygen atoms in total. The van der Waals surface area contributed by atoms with Crippen molar-refractivity contribution in [2.24, 2.45) is 0 Å². The molecule has 0 amide bonds. The molecule has 4 heteroatoms. The monoisotopic (exact) mass is 212 g/mol. The number of imidazole rings is 1. The number of rotatable bonds is 3. The molecule has 80 valence electrons. The quantitative estimate of drug-likeness (QED) is 0.819. The number of aromatic amines is 1. The second-order valence-corrected chi connectivity index (χ2v) is 3.54. The summed E-state index contributed by atoms with van der Waals surface area (Å²) < 4.78 is 0. The van der Waals surface area contributed by atoms with Gasteiger partial charge in [-0.3, -0.25) is 0 Å². The zero-order chi connectivity index (χ0) is 11.4. The summed E-state index contributed by atoms with van der Waals surface area (Å²) in [5.74, 6) is 0. The van der Waals surface area contributed by atoms with Gasteiger partial charge < -0.3 is 10.3 Å². The highest BCUT2D eigenvalue weighted by atomic mass is 14.9. The van der Waals surface area contributed by atoms with Crippen molar-refractivity contribution in [3.05, 3.63) is 47.5 Å². The van der Waals surface area contributed by atoms with Crippen molar-refractivity contribution in [2.75, 3.05) is 5.32 Å². The third kappa shape index (κ3) is 2.04. The van der Waals surface area contributed by atoms with Gasteiger partial charge >= 0.3 is 0 Å². The number of nitriles is 1. The molecular formula is C12H12N4. The molecule has 0 radical (unpaired) electrons. The molecule has 0 unspecified atom stereocenters. The van der Waals surface area contributed by atoms with Crippen LogP contribution in [0.3, 0.4) is 0 Å². The molecule has 1 aromatic heterocycles. The number of aryl methyl sites for hydroxylation is 1. The van der Waals surface area contributed by atoms with E-state index in [2.05, 4.69) is 21.4 Å². The summed E-state index contributed by atoms with van der Waals surface area (Å²) in [6.07, 6.45) is 3.40. The minimum Gasteiger partial charge on any atom is -0.378 e. The average Bonchev–Trinajstić information content (AvgIpc) is 2.80. The van der Waals surface area contributed by atoms with Crippen LogP contribution in [0.25, 0.3) is 0 Å². The summed E-state index contributed by atoms with van der Waals surface area (Å²) in [6, 6.07) is 7.85. The zero-order valence-corrected chi connectivity index (χ0v) is 8.99. The maximum Gasteiger partial charge on any atom is 0.101 e. The maximum atomic E-state index is 8.99. The first-order chi connectivity index (χ1) is 7.81. The van der Waals surface area contributed by atoms with Gasteiger partial charge in [0.1, 0.15) is 6.07 Å². The van der Waals surface area contributed by atoms with E-state index in [-0.39, 0.29) is 0 Å². The van der Waals surface area contributed by atoms with Crippen LogP contribution in [0.15, 0.2) is 30.7 Å². The lowest BCUT2D eigenvalue weighted by Crippen LogP contribution is -2.03. The fourth-order valence-corrected chi connectivity index (χ4v) is 1.56. The molecule has 0 saturated carbocycles. The van der Waals surface area contributed by atoms with Crippen LogP contribution >= 0.6 is 0 Å². The Labute approximate surface area is 94.0 Å². The van der Waals surface area contributed by atoms with E-state index in [4.69, 9.17) is 5.26 Å². The predicted octanol–water partition coefficient (Wildman–Crippen LogP) is 2.20. The summed E-state index contributed by atoms with van der Waals surface area (Å²) in [4.78, 5) is 6.95. The van der Waals surface area contributed by atoms with Crippen molar-refractivity contribution >= 4 is 5.69 Å². The SMILES string of the molecule is Cc1cccc(C#N)c1NCc1cnc[nH]1. The van der Waals surface area contributed by atoms with Crippen molar-refractivity contribution in [1.82, 2.24) is 9.97 Å². The van der Waals surface area contributed by atoms with Gasteiger partial charge in [0.05, 0.1) is 29.8 Å². The van der Waals surface area contributed by atoms with Crippen molar-refractivity contribution in [2.45, 2.75) is 13.5 Å². The molecule has 0 aliphatic carbocycles. The molecule has 1 heterocycles. The van der Waals surface area contributed by atoms with E-state index in [1.165, 1.54) is 0 Å². The Hall–Kier alpha value is -2.28. The molecular weight excluding hydrogens is 200 g/mol. The lowest BCUT2D eigenvalue weighted by atomic mass is 10.1. The number of H-pyrrole nitrogens is 1. The second kappa shape index (κ2) is 4.49. The Morgan fingerprint density at radius 2 is 2.38 bits per heavy atom. The number of para-hydroxylation sites is 1. The van der Waals surface area contributed by atoms with Gasteiger partial charge in [0.25, 0.3) is 0 Å². The summed E-state index contributed by atoms with van der Waals surface area (Å²) in [6.45, 7) is 2.62. The van der Waals surface area contributed by atoms with Crippen LogP contribution < -0.4 is 5.32 Å². The van der Waals surface area contributed by atoms with Crippen LogP contribution in [0.2, 0.25) is 0 Å². The maximum absolute atomic E-state index is 8.99. The van der Waals surface area contributed by atoms with Gasteiger partial charge in [-0.1, -0.05) is 12.1 Å². The van der Waals surface area contributed by atoms with Crippen LogP contribution in [0.5, 0.6) is 0 Å². The molecule has 0 fully saturated rings. The van der Waals surface area contributed by atoms with Gasteiger partial charge in [-0.15, -0.1) is 0 Å².